The lowest BCUT2D eigenvalue weighted by Gasteiger charge is -2.44. The van der Waals surface area contributed by atoms with Crippen molar-refractivity contribution in [1.29, 1.82) is 0 Å². The van der Waals surface area contributed by atoms with Gasteiger partial charge in [-0.15, -0.1) is 11.8 Å². The number of nitrogens with one attached hydrogen (secondary N) is 1. The van der Waals surface area contributed by atoms with Gasteiger partial charge in [-0.25, -0.2) is 4.79 Å². The van der Waals surface area contributed by atoms with Crippen LogP contribution in [0, 0.1) is 11.8 Å². The zero-order valence-electron chi connectivity index (χ0n) is 22.4. The lowest BCUT2D eigenvalue weighted by Crippen LogP contribution is -2.65. The average Bonchev–Trinajstić information content (AvgIpc) is 3.38. The number of hydrogen-bond donors (Lipinski definition) is 4. The molecule has 4 N–H and O–H groups in total. The normalized spacial score (nSPS) is 30.5. The van der Waals surface area contributed by atoms with Gasteiger partial charge in [0.05, 0.1) is 22.7 Å². The molecule has 2 fully saturated rings. The van der Waals surface area contributed by atoms with Crippen LogP contribution in [0.2, 0.25) is 10.0 Å². The highest BCUT2D eigenvalue weighted by atomic mass is 35.5. The maximum atomic E-state index is 13.2. The molecule has 1 saturated heterocycles. The van der Waals surface area contributed by atoms with Crippen LogP contribution in [0.1, 0.15) is 56.3 Å². The topological polar surface area (TPSA) is 135 Å². The molecule has 0 unspecified atom stereocenters. The number of carbonyl (C=O) groups is 2. The van der Waals surface area contributed by atoms with Gasteiger partial charge in [0.2, 0.25) is 5.91 Å². The summed E-state index contributed by atoms with van der Waals surface area (Å²) in [4.78, 5) is 25.5. The Morgan fingerprint density at radius 2 is 1.92 bits per heavy atom. The number of halogens is 2. The number of rotatable bonds is 12. The third kappa shape index (κ3) is 8.45. The van der Waals surface area contributed by atoms with Crippen molar-refractivity contribution in [2.75, 3.05) is 19.5 Å². The van der Waals surface area contributed by atoms with Crippen LogP contribution >= 0.6 is 35.0 Å². The number of ether oxygens (including phenoxy) is 3. The van der Waals surface area contributed by atoms with Crippen molar-refractivity contribution >= 4 is 46.8 Å². The fraction of sp³-hybridized carbons (Fsp3) is 0.704. The van der Waals surface area contributed by atoms with E-state index in [1.807, 2.05) is 0 Å². The number of carbonyl (C=O) groups excluding carboxylic acids is 2. The van der Waals surface area contributed by atoms with E-state index >= 15 is 0 Å². The standard InChI is InChI=1S/C27H39Cl2NO8S/c1-4-5-15-6-7-16(12-15)25(34)30-20(14(2)36-3)24-22(32)21(31)23(33)27(38-24)39-11-10-37-26(35)18-9-8-17(28)13-19(18)29/h8-9,13-16,20-24,27,31-33H,4-7,10-12H2,1-3H3,(H,30,34)/t14-,15+,16+,20-,21+,22-,23-,24-,27-/m1/s1. The molecule has 39 heavy (non-hydrogen) atoms. The van der Waals surface area contributed by atoms with Gasteiger partial charge in [0, 0.05) is 23.8 Å². The molecule has 1 aliphatic carbocycles. The first-order chi connectivity index (χ1) is 18.6. The summed E-state index contributed by atoms with van der Waals surface area (Å²) in [6, 6.07) is 3.68. The SMILES string of the molecule is CCC[C@H]1CC[C@H](C(=O)N[C@@H]([C@H]2O[C@H](SCCOC(=O)c3ccc(Cl)cc3Cl)[C@H](O)[C@@H](O)[C@H]2O)[C@@H](C)OC)C1. The number of hydrogen-bond acceptors (Lipinski definition) is 9. The Kier molecular flexibility index (Phi) is 12.6. The number of amides is 1. The quantitative estimate of drug-likeness (QED) is 0.208. The predicted molar refractivity (Wildman–Crippen MR) is 150 cm³/mol. The van der Waals surface area contributed by atoms with Gasteiger partial charge in [-0.3, -0.25) is 4.79 Å². The fourth-order valence-corrected chi connectivity index (χ4v) is 6.68. The van der Waals surface area contributed by atoms with Crippen LogP contribution in [0.3, 0.4) is 0 Å². The molecule has 1 aliphatic heterocycles. The first-order valence-electron chi connectivity index (χ1n) is 13.3. The lowest BCUT2D eigenvalue weighted by molar-refractivity contribution is -0.212. The Morgan fingerprint density at radius 1 is 1.18 bits per heavy atom. The Labute approximate surface area is 243 Å². The molecule has 0 spiro atoms. The van der Waals surface area contributed by atoms with Gasteiger partial charge < -0.3 is 34.8 Å². The van der Waals surface area contributed by atoms with Crippen molar-refractivity contribution in [3.8, 4) is 0 Å². The molecular weight excluding hydrogens is 569 g/mol. The van der Waals surface area contributed by atoms with E-state index in [1.54, 1.807) is 6.92 Å². The molecule has 1 saturated carbocycles. The molecule has 9 nitrogen and oxygen atoms in total. The smallest absolute Gasteiger partial charge is 0.339 e. The van der Waals surface area contributed by atoms with Crippen molar-refractivity contribution in [2.45, 2.75) is 87.9 Å². The number of benzene rings is 1. The molecule has 0 radical (unpaired) electrons. The molecule has 12 heteroatoms. The van der Waals surface area contributed by atoms with Crippen molar-refractivity contribution in [3.63, 3.8) is 0 Å². The van der Waals surface area contributed by atoms with Crippen LogP contribution in [0.4, 0.5) is 0 Å². The summed E-state index contributed by atoms with van der Waals surface area (Å²) in [7, 11) is 1.49. The predicted octanol–water partition coefficient (Wildman–Crippen LogP) is 3.43. The Hall–Kier alpha value is -1.11. The molecule has 0 aromatic heterocycles. The second-order valence-corrected chi connectivity index (χ2v) is 12.3. The van der Waals surface area contributed by atoms with E-state index in [-0.39, 0.29) is 34.8 Å². The van der Waals surface area contributed by atoms with E-state index in [0.717, 1.165) is 43.9 Å². The number of esters is 1. The van der Waals surface area contributed by atoms with E-state index in [2.05, 4.69) is 12.2 Å². The highest BCUT2D eigenvalue weighted by Gasteiger charge is 2.49. The highest BCUT2D eigenvalue weighted by Crippen LogP contribution is 2.35. The monoisotopic (exact) mass is 607 g/mol. The van der Waals surface area contributed by atoms with Crippen LogP contribution in [0.25, 0.3) is 0 Å². The van der Waals surface area contributed by atoms with Gasteiger partial charge in [-0.05, 0) is 50.3 Å². The molecule has 9 atom stereocenters. The van der Waals surface area contributed by atoms with Crippen molar-refractivity contribution in [1.82, 2.24) is 5.32 Å². The van der Waals surface area contributed by atoms with E-state index < -0.39 is 48.0 Å². The van der Waals surface area contributed by atoms with Crippen molar-refractivity contribution in [3.05, 3.63) is 33.8 Å². The minimum absolute atomic E-state index is 0.0202. The zero-order chi connectivity index (χ0) is 28.7. The molecule has 3 rings (SSSR count). The summed E-state index contributed by atoms with van der Waals surface area (Å²) >= 11 is 13.0. The van der Waals surface area contributed by atoms with Crippen LogP contribution in [-0.2, 0) is 19.0 Å². The van der Waals surface area contributed by atoms with Crippen molar-refractivity contribution < 1.29 is 39.1 Å². The Balaban J connectivity index is 1.60. The lowest BCUT2D eigenvalue weighted by atomic mass is 9.91. The highest BCUT2D eigenvalue weighted by molar-refractivity contribution is 7.99. The number of aliphatic hydroxyl groups excluding tert-OH is 3. The van der Waals surface area contributed by atoms with Gasteiger partial charge in [0.1, 0.15) is 36.5 Å². The van der Waals surface area contributed by atoms with Gasteiger partial charge >= 0.3 is 5.97 Å². The Morgan fingerprint density at radius 3 is 2.59 bits per heavy atom. The molecular formula is C27H39Cl2NO8S. The zero-order valence-corrected chi connectivity index (χ0v) is 24.8. The molecule has 2 aliphatic rings. The summed E-state index contributed by atoms with van der Waals surface area (Å²) in [5.74, 6) is -0.121. The third-order valence-electron chi connectivity index (χ3n) is 7.51. The van der Waals surface area contributed by atoms with Crippen LogP contribution in [0.15, 0.2) is 18.2 Å². The second kappa shape index (κ2) is 15.2. The number of aliphatic hydroxyl groups is 3. The minimum atomic E-state index is -1.51. The van der Waals surface area contributed by atoms with Crippen molar-refractivity contribution in [2.24, 2.45) is 11.8 Å². The van der Waals surface area contributed by atoms with Gasteiger partial charge in [-0.1, -0.05) is 43.0 Å². The largest absolute Gasteiger partial charge is 0.461 e. The molecule has 1 aromatic carbocycles. The summed E-state index contributed by atoms with van der Waals surface area (Å²) in [6.07, 6.45) is -1.14. The number of methoxy groups -OCH3 is 1. The van der Waals surface area contributed by atoms with E-state index in [0.29, 0.717) is 10.9 Å². The molecule has 0 bridgehead atoms. The third-order valence-corrected chi connectivity index (χ3v) is 9.17. The summed E-state index contributed by atoms with van der Waals surface area (Å²) in [6.45, 7) is 3.86. The second-order valence-electron chi connectivity index (χ2n) is 10.2. The maximum absolute atomic E-state index is 13.2. The Bertz CT molecular complexity index is 972. The maximum Gasteiger partial charge on any atom is 0.339 e. The number of thioether (sulfide) groups is 1. The summed E-state index contributed by atoms with van der Waals surface area (Å²) in [5.41, 5.74) is -0.774. The molecule has 1 heterocycles. The van der Waals surface area contributed by atoms with E-state index in [4.69, 9.17) is 37.4 Å². The van der Waals surface area contributed by atoms with Gasteiger partial charge in [0.25, 0.3) is 0 Å². The molecule has 1 aromatic rings. The molecule has 220 valence electrons. The van der Waals surface area contributed by atoms with E-state index in [9.17, 15) is 24.9 Å². The van der Waals surface area contributed by atoms with Gasteiger partial charge in [-0.2, -0.15) is 0 Å². The van der Waals surface area contributed by atoms with E-state index in [1.165, 1.54) is 25.3 Å². The first kappa shape index (κ1) is 32.4. The average molecular weight is 609 g/mol. The van der Waals surface area contributed by atoms with Crippen LogP contribution < -0.4 is 5.32 Å². The summed E-state index contributed by atoms with van der Waals surface area (Å²) in [5, 5.41) is 35.6. The molecule has 1 amide bonds. The van der Waals surface area contributed by atoms with Crippen LogP contribution in [-0.4, -0.2) is 88.7 Å². The van der Waals surface area contributed by atoms with Gasteiger partial charge in [0.15, 0.2) is 0 Å². The minimum Gasteiger partial charge on any atom is -0.461 e. The fourth-order valence-electron chi connectivity index (χ4n) is 5.22. The summed E-state index contributed by atoms with van der Waals surface area (Å²) < 4.78 is 16.8. The van der Waals surface area contributed by atoms with Crippen LogP contribution in [0.5, 0.6) is 0 Å². The first-order valence-corrected chi connectivity index (χ1v) is 15.1.